The number of amides is 1. The summed E-state index contributed by atoms with van der Waals surface area (Å²) in [6.45, 7) is 9.03. The van der Waals surface area contributed by atoms with Crippen molar-refractivity contribution in [3.8, 4) is 0 Å². The second-order valence-corrected chi connectivity index (χ2v) is 7.39. The van der Waals surface area contributed by atoms with Crippen molar-refractivity contribution in [2.45, 2.75) is 51.7 Å². The number of hydrogen-bond donors (Lipinski definition) is 2. The van der Waals surface area contributed by atoms with Crippen molar-refractivity contribution >= 4 is 5.91 Å². The van der Waals surface area contributed by atoms with Crippen LogP contribution in [0.1, 0.15) is 49.0 Å². The fraction of sp³-hybridized carbons (Fsp3) is 0.667. The minimum Gasteiger partial charge on any atom is -0.379 e. The zero-order chi connectivity index (χ0) is 18.4. The largest absolute Gasteiger partial charge is 0.379 e. The van der Waals surface area contributed by atoms with Crippen molar-refractivity contribution in [2.24, 2.45) is 5.92 Å². The van der Waals surface area contributed by atoms with Gasteiger partial charge in [0.1, 0.15) is 0 Å². The van der Waals surface area contributed by atoms with E-state index in [4.69, 9.17) is 4.74 Å². The maximum Gasteiger partial charge on any atom is 0.253 e. The third-order valence-electron chi connectivity index (χ3n) is 5.86. The molecule has 0 bridgehead atoms. The minimum absolute atomic E-state index is 0.119. The number of nitrogens with one attached hydrogen (secondary N) is 2. The van der Waals surface area contributed by atoms with Crippen molar-refractivity contribution in [1.82, 2.24) is 15.5 Å². The second kappa shape index (κ2) is 9.49. The molecule has 1 aliphatic carbocycles. The lowest BCUT2D eigenvalue weighted by Crippen LogP contribution is -2.50. The molecule has 2 N–H and O–H groups in total. The summed E-state index contributed by atoms with van der Waals surface area (Å²) in [6.07, 6.45) is 3.80. The van der Waals surface area contributed by atoms with E-state index >= 15 is 0 Å². The molecule has 3 unspecified atom stereocenters. The smallest absolute Gasteiger partial charge is 0.253 e. The van der Waals surface area contributed by atoms with E-state index in [1.165, 1.54) is 24.8 Å². The Morgan fingerprint density at radius 1 is 1.23 bits per heavy atom. The Labute approximate surface area is 157 Å². The number of carbonyl (C=O) groups is 1. The van der Waals surface area contributed by atoms with E-state index in [1.807, 2.05) is 30.9 Å². The molecule has 0 spiro atoms. The van der Waals surface area contributed by atoms with Crippen LogP contribution in [0.25, 0.3) is 0 Å². The van der Waals surface area contributed by atoms with Gasteiger partial charge in [0.2, 0.25) is 0 Å². The summed E-state index contributed by atoms with van der Waals surface area (Å²) in [4.78, 5) is 14.3. The summed E-state index contributed by atoms with van der Waals surface area (Å²) in [5.74, 6) is 0.771. The van der Waals surface area contributed by atoms with Crippen LogP contribution in [0.5, 0.6) is 0 Å². The normalized spacial score (nSPS) is 26.0. The number of nitrogens with zero attached hydrogens (tertiary/aromatic N) is 1. The lowest BCUT2D eigenvalue weighted by atomic mass is 9.94. The quantitative estimate of drug-likeness (QED) is 0.785. The molecule has 5 nitrogen and oxygen atoms in total. The van der Waals surface area contributed by atoms with Gasteiger partial charge in [-0.1, -0.05) is 18.6 Å². The average Bonchev–Trinajstić information content (AvgIpc) is 3.17. The fourth-order valence-electron chi connectivity index (χ4n) is 4.29. The van der Waals surface area contributed by atoms with Gasteiger partial charge >= 0.3 is 0 Å². The van der Waals surface area contributed by atoms with Crippen molar-refractivity contribution in [3.63, 3.8) is 0 Å². The van der Waals surface area contributed by atoms with E-state index in [0.717, 1.165) is 45.0 Å². The van der Waals surface area contributed by atoms with E-state index in [9.17, 15) is 4.79 Å². The third kappa shape index (κ3) is 4.64. The summed E-state index contributed by atoms with van der Waals surface area (Å²) in [5, 5.41) is 7.37. The molecule has 1 saturated carbocycles. The highest BCUT2D eigenvalue weighted by Crippen LogP contribution is 2.29. The predicted molar refractivity (Wildman–Crippen MR) is 104 cm³/mol. The number of ether oxygens (including phenoxy) is 1. The molecule has 144 valence electrons. The molecule has 1 heterocycles. The first kappa shape index (κ1) is 19.3. The Balaban J connectivity index is 1.53. The van der Waals surface area contributed by atoms with Crippen LogP contribution in [-0.4, -0.2) is 55.7 Å². The van der Waals surface area contributed by atoms with Gasteiger partial charge in [0.15, 0.2) is 0 Å². The second-order valence-electron chi connectivity index (χ2n) is 7.39. The molecule has 1 aromatic rings. The topological polar surface area (TPSA) is 53.6 Å². The average molecular weight is 360 g/mol. The molecule has 26 heavy (non-hydrogen) atoms. The first-order valence-corrected chi connectivity index (χ1v) is 10.2. The van der Waals surface area contributed by atoms with Crippen LogP contribution < -0.4 is 10.6 Å². The lowest BCUT2D eigenvalue weighted by molar-refractivity contribution is 0.0524. The monoisotopic (exact) mass is 359 g/mol. The molecule has 0 radical (unpaired) electrons. The molecule has 1 aromatic carbocycles. The van der Waals surface area contributed by atoms with Gasteiger partial charge in [-0.05, 0) is 50.3 Å². The summed E-state index contributed by atoms with van der Waals surface area (Å²) < 4.78 is 5.65. The van der Waals surface area contributed by atoms with E-state index in [2.05, 4.69) is 22.8 Å². The summed E-state index contributed by atoms with van der Waals surface area (Å²) in [5.41, 5.74) is 2.01. The summed E-state index contributed by atoms with van der Waals surface area (Å²) in [7, 11) is 0. The standard InChI is InChI=1S/C21H33N3O2/c1-3-24(4-2)21(25)17-10-8-16(9-11-17)14-23-19-7-5-6-18(19)20-15-26-13-12-22-20/h8-11,18-20,22-23H,3-7,12-15H2,1-2H3. The zero-order valence-electron chi connectivity index (χ0n) is 16.2. The number of benzene rings is 1. The first-order valence-electron chi connectivity index (χ1n) is 10.2. The molecule has 0 aromatic heterocycles. The SMILES string of the molecule is CCN(CC)C(=O)c1ccc(CNC2CCCC2C2COCCN2)cc1. The zero-order valence-corrected chi connectivity index (χ0v) is 16.2. The van der Waals surface area contributed by atoms with Crippen LogP contribution >= 0.6 is 0 Å². The van der Waals surface area contributed by atoms with Gasteiger partial charge in [-0.25, -0.2) is 0 Å². The van der Waals surface area contributed by atoms with Crippen LogP contribution in [0.15, 0.2) is 24.3 Å². The molecule has 1 saturated heterocycles. The van der Waals surface area contributed by atoms with Crippen molar-refractivity contribution < 1.29 is 9.53 Å². The molecule has 3 rings (SSSR count). The number of morpholine rings is 1. The van der Waals surface area contributed by atoms with Crippen LogP contribution in [-0.2, 0) is 11.3 Å². The number of rotatable bonds is 7. The molecule has 5 heteroatoms. The molecule has 2 fully saturated rings. The van der Waals surface area contributed by atoms with E-state index in [0.29, 0.717) is 18.0 Å². The van der Waals surface area contributed by atoms with Gasteiger partial charge in [-0.15, -0.1) is 0 Å². The van der Waals surface area contributed by atoms with E-state index in [1.54, 1.807) is 0 Å². The van der Waals surface area contributed by atoms with Crippen molar-refractivity contribution in [3.05, 3.63) is 35.4 Å². The number of hydrogen-bond acceptors (Lipinski definition) is 4. The maximum absolute atomic E-state index is 12.4. The van der Waals surface area contributed by atoms with Crippen LogP contribution in [0.3, 0.4) is 0 Å². The van der Waals surface area contributed by atoms with E-state index < -0.39 is 0 Å². The van der Waals surface area contributed by atoms with Crippen LogP contribution in [0.2, 0.25) is 0 Å². The van der Waals surface area contributed by atoms with Gasteiger partial charge in [0.25, 0.3) is 5.91 Å². The fourth-order valence-corrected chi connectivity index (χ4v) is 4.29. The van der Waals surface area contributed by atoms with E-state index in [-0.39, 0.29) is 5.91 Å². The highest BCUT2D eigenvalue weighted by atomic mass is 16.5. The predicted octanol–water partition coefficient (Wildman–Crippen LogP) is 2.42. The summed E-state index contributed by atoms with van der Waals surface area (Å²) >= 11 is 0. The molecular weight excluding hydrogens is 326 g/mol. The van der Waals surface area contributed by atoms with Gasteiger partial charge in [-0.3, -0.25) is 4.79 Å². The highest BCUT2D eigenvalue weighted by Gasteiger charge is 2.34. The van der Waals surface area contributed by atoms with Gasteiger partial charge in [0.05, 0.1) is 13.2 Å². The Morgan fingerprint density at radius 3 is 2.65 bits per heavy atom. The van der Waals surface area contributed by atoms with Gasteiger partial charge in [0, 0.05) is 43.8 Å². The Morgan fingerprint density at radius 2 is 2.00 bits per heavy atom. The van der Waals surface area contributed by atoms with Gasteiger partial charge in [-0.2, -0.15) is 0 Å². The lowest BCUT2D eigenvalue weighted by Gasteiger charge is -2.33. The molecular formula is C21H33N3O2. The van der Waals surface area contributed by atoms with Crippen molar-refractivity contribution in [2.75, 3.05) is 32.8 Å². The number of carbonyl (C=O) groups excluding carboxylic acids is 1. The third-order valence-corrected chi connectivity index (χ3v) is 5.86. The molecule has 1 amide bonds. The Hall–Kier alpha value is -1.43. The maximum atomic E-state index is 12.4. The summed E-state index contributed by atoms with van der Waals surface area (Å²) in [6, 6.07) is 9.11. The minimum atomic E-state index is 0.119. The molecule has 2 aliphatic rings. The Bertz CT molecular complexity index is 565. The molecule has 3 atom stereocenters. The van der Waals surface area contributed by atoms with Crippen LogP contribution in [0.4, 0.5) is 0 Å². The van der Waals surface area contributed by atoms with Gasteiger partial charge < -0.3 is 20.3 Å². The van der Waals surface area contributed by atoms with Crippen molar-refractivity contribution in [1.29, 1.82) is 0 Å². The Kier molecular flexibility index (Phi) is 7.06. The molecule has 1 aliphatic heterocycles. The first-order chi connectivity index (χ1) is 12.7. The van der Waals surface area contributed by atoms with Crippen LogP contribution in [0, 0.1) is 5.92 Å². The highest BCUT2D eigenvalue weighted by molar-refractivity contribution is 5.94.